The van der Waals surface area contributed by atoms with Crippen LogP contribution in [-0.2, 0) is 14.8 Å². The standard InChI is InChI=1S/C12H19NO5S2/c1-5-13(9(3)7-18-4)20(16,17)10-6-8(2)11(19-10)12(14)15/h6,9H,5,7H2,1-4H3,(H,14,15). The number of carbonyl (C=O) groups is 1. The summed E-state index contributed by atoms with van der Waals surface area (Å²) in [6.45, 7) is 5.66. The number of hydrogen-bond acceptors (Lipinski definition) is 5. The van der Waals surface area contributed by atoms with Gasteiger partial charge in [0.1, 0.15) is 9.09 Å². The van der Waals surface area contributed by atoms with Crippen LogP contribution in [0.4, 0.5) is 0 Å². The molecule has 0 aliphatic heterocycles. The lowest BCUT2D eigenvalue weighted by Crippen LogP contribution is -2.40. The summed E-state index contributed by atoms with van der Waals surface area (Å²) < 4.78 is 31.5. The number of likely N-dealkylation sites (N-methyl/N-ethyl adjacent to an activating group) is 1. The normalized spacial score (nSPS) is 13.7. The summed E-state index contributed by atoms with van der Waals surface area (Å²) in [6, 6.07) is 1.09. The van der Waals surface area contributed by atoms with E-state index in [4.69, 9.17) is 9.84 Å². The molecule has 1 rings (SSSR count). The van der Waals surface area contributed by atoms with Gasteiger partial charge in [0.15, 0.2) is 0 Å². The zero-order valence-electron chi connectivity index (χ0n) is 11.9. The molecule has 0 aliphatic rings. The first kappa shape index (κ1) is 17.1. The van der Waals surface area contributed by atoms with Crippen molar-refractivity contribution >= 4 is 27.3 Å². The highest BCUT2D eigenvalue weighted by Gasteiger charge is 2.30. The molecule has 1 atom stereocenters. The van der Waals surface area contributed by atoms with Crippen molar-refractivity contribution in [1.29, 1.82) is 0 Å². The lowest BCUT2D eigenvalue weighted by atomic mass is 10.3. The van der Waals surface area contributed by atoms with Crippen LogP contribution in [0.15, 0.2) is 10.3 Å². The Labute approximate surface area is 123 Å². The number of carboxylic acids is 1. The van der Waals surface area contributed by atoms with E-state index in [1.165, 1.54) is 17.5 Å². The van der Waals surface area contributed by atoms with Crippen LogP contribution in [-0.4, -0.2) is 50.1 Å². The van der Waals surface area contributed by atoms with Gasteiger partial charge in [-0.2, -0.15) is 4.31 Å². The Morgan fingerprint density at radius 1 is 1.55 bits per heavy atom. The molecule has 1 aromatic rings. The number of rotatable bonds is 7. The van der Waals surface area contributed by atoms with Gasteiger partial charge >= 0.3 is 5.97 Å². The number of aryl methyl sites for hydroxylation is 1. The Morgan fingerprint density at radius 3 is 2.55 bits per heavy atom. The van der Waals surface area contributed by atoms with Crippen LogP contribution in [0.3, 0.4) is 0 Å². The molecule has 0 aliphatic carbocycles. The van der Waals surface area contributed by atoms with Gasteiger partial charge in [0.25, 0.3) is 10.0 Å². The van der Waals surface area contributed by atoms with Crippen LogP contribution in [0.5, 0.6) is 0 Å². The monoisotopic (exact) mass is 321 g/mol. The van der Waals surface area contributed by atoms with Gasteiger partial charge in [-0.15, -0.1) is 11.3 Å². The van der Waals surface area contributed by atoms with Crippen molar-refractivity contribution in [3.63, 3.8) is 0 Å². The first-order valence-electron chi connectivity index (χ1n) is 6.10. The van der Waals surface area contributed by atoms with Crippen LogP contribution in [0, 0.1) is 6.92 Å². The Hall–Kier alpha value is -0.960. The number of aromatic carboxylic acids is 1. The first-order chi connectivity index (χ1) is 9.25. The molecule has 0 amide bonds. The molecule has 0 aromatic carbocycles. The van der Waals surface area contributed by atoms with E-state index >= 15 is 0 Å². The molecule has 114 valence electrons. The van der Waals surface area contributed by atoms with Crippen molar-refractivity contribution in [2.45, 2.75) is 31.0 Å². The minimum Gasteiger partial charge on any atom is -0.477 e. The second kappa shape index (κ2) is 6.66. The summed E-state index contributed by atoms with van der Waals surface area (Å²) >= 11 is 0.784. The van der Waals surface area contributed by atoms with E-state index in [9.17, 15) is 13.2 Å². The Morgan fingerprint density at radius 2 is 2.15 bits per heavy atom. The third kappa shape index (κ3) is 3.38. The minimum absolute atomic E-state index is 0.0530. The van der Waals surface area contributed by atoms with Gasteiger partial charge in [-0.3, -0.25) is 0 Å². The highest BCUT2D eigenvalue weighted by Crippen LogP contribution is 2.29. The second-order valence-corrected chi connectivity index (χ2v) is 7.57. The fraction of sp³-hybridized carbons (Fsp3) is 0.583. The quantitative estimate of drug-likeness (QED) is 0.828. The summed E-state index contributed by atoms with van der Waals surface area (Å²) in [7, 11) is -2.19. The SMILES string of the molecule is CCN(C(C)COC)S(=O)(=O)c1cc(C)c(C(=O)O)s1. The van der Waals surface area contributed by atoms with Gasteiger partial charge < -0.3 is 9.84 Å². The van der Waals surface area contributed by atoms with Gasteiger partial charge in [0, 0.05) is 19.7 Å². The van der Waals surface area contributed by atoms with Crippen molar-refractivity contribution in [2.75, 3.05) is 20.3 Å². The van der Waals surface area contributed by atoms with Gasteiger partial charge in [-0.25, -0.2) is 13.2 Å². The summed E-state index contributed by atoms with van der Waals surface area (Å²) in [5.74, 6) is -1.11. The number of carboxylic acid groups (broad SMARTS) is 1. The first-order valence-corrected chi connectivity index (χ1v) is 8.35. The highest BCUT2D eigenvalue weighted by molar-refractivity contribution is 7.91. The largest absolute Gasteiger partial charge is 0.477 e. The molecule has 1 heterocycles. The Kier molecular flexibility index (Phi) is 5.69. The summed E-state index contributed by atoms with van der Waals surface area (Å²) in [5, 5.41) is 9.02. The average molecular weight is 321 g/mol. The summed E-state index contributed by atoms with van der Waals surface area (Å²) in [5.41, 5.74) is 0.455. The Bertz CT molecular complexity index is 579. The van der Waals surface area contributed by atoms with Crippen LogP contribution >= 0.6 is 11.3 Å². The molecule has 8 heteroatoms. The Balaban J connectivity index is 3.21. The molecule has 1 aromatic heterocycles. The molecule has 1 N–H and O–H groups in total. The molecular weight excluding hydrogens is 302 g/mol. The van der Waals surface area contributed by atoms with E-state index in [2.05, 4.69) is 0 Å². The third-order valence-corrected chi connectivity index (χ3v) is 6.63. The number of methoxy groups -OCH3 is 1. The maximum atomic E-state index is 12.6. The van der Waals surface area contributed by atoms with Crippen molar-refractivity contribution in [3.8, 4) is 0 Å². The van der Waals surface area contributed by atoms with E-state index in [0.29, 0.717) is 12.1 Å². The molecule has 0 fully saturated rings. The maximum Gasteiger partial charge on any atom is 0.346 e. The smallest absolute Gasteiger partial charge is 0.346 e. The van der Waals surface area contributed by atoms with E-state index in [1.54, 1.807) is 20.8 Å². The van der Waals surface area contributed by atoms with Gasteiger partial charge in [0.2, 0.25) is 0 Å². The molecular formula is C12H19NO5S2. The fourth-order valence-electron chi connectivity index (χ4n) is 1.95. The van der Waals surface area contributed by atoms with Crippen LogP contribution in [0.1, 0.15) is 29.1 Å². The van der Waals surface area contributed by atoms with E-state index in [1.807, 2.05) is 0 Å². The van der Waals surface area contributed by atoms with Crippen molar-refractivity contribution in [1.82, 2.24) is 4.31 Å². The predicted octanol–water partition coefficient (Wildman–Crippen LogP) is 1.80. The van der Waals surface area contributed by atoms with E-state index in [0.717, 1.165) is 11.3 Å². The van der Waals surface area contributed by atoms with Crippen molar-refractivity contribution in [2.24, 2.45) is 0 Å². The number of thiophene rings is 1. The predicted molar refractivity (Wildman–Crippen MR) is 76.9 cm³/mol. The topological polar surface area (TPSA) is 83.9 Å². The molecule has 0 radical (unpaired) electrons. The third-order valence-electron chi connectivity index (χ3n) is 2.86. The van der Waals surface area contributed by atoms with E-state index in [-0.39, 0.29) is 21.7 Å². The molecule has 6 nitrogen and oxygen atoms in total. The molecule has 0 saturated heterocycles. The van der Waals surface area contributed by atoms with Crippen molar-refractivity contribution < 1.29 is 23.1 Å². The number of nitrogens with zero attached hydrogens (tertiary/aromatic N) is 1. The van der Waals surface area contributed by atoms with Crippen LogP contribution < -0.4 is 0 Å². The zero-order chi connectivity index (χ0) is 15.5. The molecule has 0 saturated carbocycles. The highest BCUT2D eigenvalue weighted by atomic mass is 32.2. The van der Waals surface area contributed by atoms with E-state index < -0.39 is 16.0 Å². The number of ether oxygens (including phenoxy) is 1. The maximum absolute atomic E-state index is 12.6. The number of hydrogen-bond donors (Lipinski definition) is 1. The lowest BCUT2D eigenvalue weighted by molar-refractivity contribution is 0.0701. The molecule has 0 spiro atoms. The van der Waals surface area contributed by atoms with Gasteiger partial charge in [-0.05, 0) is 25.5 Å². The van der Waals surface area contributed by atoms with Gasteiger partial charge in [0.05, 0.1) is 6.61 Å². The van der Waals surface area contributed by atoms with Crippen LogP contribution in [0.25, 0.3) is 0 Å². The van der Waals surface area contributed by atoms with Gasteiger partial charge in [-0.1, -0.05) is 6.92 Å². The zero-order valence-corrected chi connectivity index (χ0v) is 13.5. The average Bonchev–Trinajstić information content (AvgIpc) is 2.73. The van der Waals surface area contributed by atoms with Crippen LogP contribution in [0.2, 0.25) is 0 Å². The lowest BCUT2D eigenvalue weighted by Gasteiger charge is -2.25. The summed E-state index contributed by atoms with van der Waals surface area (Å²) in [4.78, 5) is 11.1. The minimum atomic E-state index is -3.70. The summed E-state index contributed by atoms with van der Waals surface area (Å²) in [6.07, 6.45) is 0. The number of sulfonamides is 1. The molecule has 0 bridgehead atoms. The fourth-order valence-corrected chi connectivity index (χ4v) is 5.08. The van der Waals surface area contributed by atoms with Crippen molar-refractivity contribution in [3.05, 3.63) is 16.5 Å². The second-order valence-electron chi connectivity index (χ2n) is 4.40. The molecule has 20 heavy (non-hydrogen) atoms. The molecule has 1 unspecified atom stereocenters.